The third kappa shape index (κ3) is 3.79. The first-order chi connectivity index (χ1) is 11.7. The van der Waals surface area contributed by atoms with E-state index >= 15 is 0 Å². The van der Waals surface area contributed by atoms with Crippen LogP contribution in [0.1, 0.15) is 30.5 Å². The quantitative estimate of drug-likeness (QED) is 0.885. The van der Waals surface area contributed by atoms with Crippen molar-refractivity contribution in [2.24, 2.45) is 0 Å². The third-order valence-electron chi connectivity index (χ3n) is 4.07. The van der Waals surface area contributed by atoms with Gasteiger partial charge in [0, 0.05) is 6.42 Å². The Morgan fingerprint density at radius 2 is 1.92 bits per heavy atom. The maximum Gasteiger partial charge on any atom is 0.231 e. The average Bonchev–Trinajstić information content (AvgIpc) is 3.08. The molecule has 0 fully saturated rings. The van der Waals surface area contributed by atoms with Gasteiger partial charge in [-0.3, -0.25) is 4.79 Å². The van der Waals surface area contributed by atoms with Crippen LogP contribution in [0.15, 0.2) is 42.5 Å². The summed E-state index contributed by atoms with van der Waals surface area (Å²) in [5.41, 5.74) is 2.11. The molecule has 0 bridgehead atoms. The molecule has 0 saturated carbocycles. The van der Waals surface area contributed by atoms with E-state index < -0.39 is 0 Å². The predicted octanol–water partition coefficient (Wildman–Crippen LogP) is 3.23. The van der Waals surface area contributed by atoms with Crippen molar-refractivity contribution in [3.8, 4) is 17.2 Å². The molecule has 0 radical (unpaired) electrons. The van der Waals surface area contributed by atoms with Crippen LogP contribution in [0, 0.1) is 0 Å². The van der Waals surface area contributed by atoms with Crippen molar-refractivity contribution in [1.29, 1.82) is 0 Å². The lowest BCUT2D eigenvalue weighted by Gasteiger charge is -2.15. The second-order valence-corrected chi connectivity index (χ2v) is 5.75. The molecule has 1 heterocycles. The lowest BCUT2D eigenvalue weighted by atomic mass is 10.1. The standard InChI is InChI=1S/C19H21NO4/c1-13(15-6-9-17-18(11-15)24-12-23-17)20-19(21)10-5-14-3-7-16(22-2)8-4-14/h3-4,6-9,11,13H,5,10,12H2,1-2H3,(H,20,21). The van der Waals surface area contributed by atoms with Crippen molar-refractivity contribution in [3.63, 3.8) is 0 Å². The van der Waals surface area contributed by atoms with Crippen molar-refractivity contribution >= 4 is 5.91 Å². The summed E-state index contributed by atoms with van der Waals surface area (Å²) < 4.78 is 15.8. The van der Waals surface area contributed by atoms with E-state index in [9.17, 15) is 4.79 Å². The van der Waals surface area contributed by atoms with Crippen molar-refractivity contribution in [2.45, 2.75) is 25.8 Å². The van der Waals surface area contributed by atoms with Crippen LogP contribution in [0.25, 0.3) is 0 Å². The molecule has 0 saturated heterocycles. The van der Waals surface area contributed by atoms with Gasteiger partial charge in [0.15, 0.2) is 11.5 Å². The third-order valence-corrected chi connectivity index (χ3v) is 4.07. The maximum absolute atomic E-state index is 12.2. The number of methoxy groups -OCH3 is 1. The molecule has 24 heavy (non-hydrogen) atoms. The van der Waals surface area contributed by atoms with Crippen LogP contribution >= 0.6 is 0 Å². The van der Waals surface area contributed by atoms with Gasteiger partial charge in [-0.2, -0.15) is 0 Å². The monoisotopic (exact) mass is 327 g/mol. The first kappa shape index (κ1) is 16.2. The molecular weight excluding hydrogens is 306 g/mol. The number of aryl methyl sites for hydroxylation is 1. The second-order valence-electron chi connectivity index (χ2n) is 5.75. The summed E-state index contributed by atoms with van der Waals surface area (Å²) in [6, 6.07) is 13.4. The Morgan fingerprint density at radius 3 is 2.67 bits per heavy atom. The molecule has 3 rings (SSSR count). The predicted molar refractivity (Wildman–Crippen MR) is 90.4 cm³/mol. The van der Waals surface area contributed by atoms with Gasteiger partial charge in [-0.25, -0.2) is 0 Å². The van der Waals surface area contributed by atoms with Crippen molar-refractivity contribution < 1.29 is 19.0 Å². The van der Waals surface area contributed by atoms with Crippen LogP contribution in [-0.4, -0.2) is 19.8 Å². The van der Waals surface area contributed by atoms with E-state index in [1.807, 2.05) is 49.4 Å². The van der Waals surface area contributed by atoms with Crippen molar-refractivity contribution in [3.05, 3.63) is 53.6 Å². The Labute approximate surface area is 141 Å². The van der Waals surface area contributed by atoms with Gasteiger partial charge in [-0.15, -0.1) is 0 Å². The topological polar surface area (TPSA) is 56.8 Å². The number of benzene rings is 2. The number of nitrogens with one attached hydrogen (secondary N) is 1. The minimum Gasteiger partial charge on any atom is -0.497 e. The van der Waals surface area contributed by atoms with Gasteiger partial charge < -0.3 is 19.5 Å². The minimum atomic E-state index is -0.0807. The van der Waals surface area contributed by atoms with Gasteiger partial charge >= 0.3 is 0 Å². The number of fused-ring (bicyclic) bond motifs is 1. The summed E-state index contributed by atoms with van der Waals surface area (Å²) in [5.74, 6) is 2.32. The number of rotatable bonds is 6. The maximum atomic E-state index is 12.2. The molecule has 0 aliphatic carbocycles. The summed E-state index contributed by atoms with van der Waals surface area (Å²) in [5, 5.41) is 3.02. The van der Waals surface area contributed by atoms with Gasteiger partial charge in [0.05, 0.1) is 13.2 Å². The highest BCUT2D eigenvalue weighted by Crippen LogP contribution is 2.34. The normalized spacial score (nSPS) is 13.4. The largest absolute Gasteiger partial charge is 0.497 e. The number of hydrogen-bond acceptors (Lipinski definition) is 4. The van der Waals surface area contributed by atoms with E-state index in [2.05, 4.69) is 5.32 Å². The molecule has 1 unspecified atom stereocenters. The zero-order chi connectivity index (χ0) is 16.9. The fourth-order valence-corrected chi connectivity index (χ4v) is 2.63. The SMILES string of the molecule is COc1ccc(CCC(=O)NC(C)c2ccc3c(c2)OCO3)cc1. The molecule has 1 atom stereocenters. The molecular formula is C19H21NO4. The number of hydrogen-bond donors (Lipinski definition) is 1. The van der Waals surface area contributed by atoms with Gasteiger partial charge in [-0.1, -0.05) is 18.2 Å². The minimum absolute atomic E-state index is 0.0241. The van der Waals surface area contributed by atoms with Crippen LogP contribution in [0.5, 0.6) is 17.2 Å². The van der Waals surface area contributed by atoms with Crippen molar-refractivity contribution in [1.82, 2.24) is 5.32 Å². The molecule has 0 spiro atoms. The summed E-state index contributed by atoms with van der Waals surface area (Å²) in [7, 11) is 1.64. The summed E-state index contributed by atoms with van der Waals surface area (Å²) in [6.45, 7) is 2.21. The highest BCUT2D eigenvalue weighted by Gasteiger charge is 2.16. The lowest BCUT2D eigenvalue weighted by molar-refractivity contribution is -0.121. The number of ether oxygens (including phenoxy) is 3. The van der Waals surface area contributed by atoms with E-state index in [0.29, 0.717) is 12.8 Å². The summed E-state index contributed by atoms with van der Waals surface area (Å²) >= 11 is 0. The Balaban J connectivity index is 1.52. The number of carbonyl (C=O) groups excluding carboxylic acids is 1. The van der Waals surface area contributed by atoms with E-state index in [4.69, 9.17) is 14.2 Å². The molecule has 1 N–H and O–H groups in total. The zero-order valence-corrected chi connectivity index (χ0v) is 13.9. The van der Waals surface area contributed by atoms with E-state index in [0.717, 1.165) is 28.4 Å². The Morgan fingerprint density at radius 1 is 1.17 bits per heavy atom. The fourth-order valence-electron chi connectivity index (χ4n) is 2.63. The van der Waals surface area contributed by atoms with E-state index in [1.54, 1.807) is 7.11 Å². The van der Waals surface area contributed by atoms with Crippen molar-refractivity contribution in [2.75, 3.05) is 13.9 Å². The highest BCUT2D eigenvalue weighted by molar-refractivity contribution is 5.76. The molecule has 5 nitrogen and oxygen atoms in total. The van der Waals surface area contributed by atoms with Crippen LogP contribution < -0.4 is 19.5 Å². The van der Waals surface area contributed by atoms with Gasteiger partial charge in [0.2, 0.25) is 12.7 Å². The second kappa shape index (κ2) is 7.25. The van der Waals surface area contributed by atoms with E-state index in [1.165, 1.54) is 0 Å². The van der Waals surface area contributed by atoms with Crippen LogP contribution in [-0.2, 0) is 11.2 Å². The molecule has 1 amide bonds. The van der Waals surface area contributed by atoms with E-state index in [-0.39, 0.29) is 18.7 Å². The molecule has 1 aliphatic heterocycles. The molecule has 2 aromatic carbocycles. The first-order valence-corrected chi connectivity index (χ1v) is 7.97. The zero-order valence-electron chi connectivity index (χ0n) is 13.9. The number of carbonyl (C=O) groups is 1. The highest BCUT2D eigenvalue weighted by atomic mass is 16.7. The van der Waals surface area contributed by atoms with Crippen LogP contribution in [0.3, 0.4) is 0 Å². The first-order valence-electron chi connectivity index (χ1n) is 7.97. The molecule has 0 aromatic heterocycles. The van der Waals surface area contributed by atoms with Crippen LogP contribution in [0.4, 0.5) is 0 Å². The number of amides is 1. The van der Waals surface area contributed by atoms with Gasteiger partial charge in [0.1, 0.15) is 5.75 Å². The molecule has 2 aromatic rings. The smallest absolute Gasteiger partial charge is 0.231 e. The summed E-state index contributed by atoms with van der Waals surface area (Å²) in [6.07, 6.45) is 1.14. The van der Waals surface area contributed by atoms with Crippen LogP contribution in [0.2, 0.25) is 0 Å². The molecule has 126 valence electrons. The fraction of sp³-hybridized carbons (Fsp3) is 0.316. The Bertz CT molecular complexity index is 712. The van der Waals surface area contributed by atoms with Gasteiger partial charge in [0.25, 0.3) is 0 Å². The Kier molecular flexibility index (Phi) is 4.89. The molecule has 5 heteroatoms. The Hall–Kier alpha value is -2.69. The van der Waals surface area contributed by atoms with Gasteiger partial charge in [-0.05, 0) is 48.7 Å². The summed E-state index contributed by atoms with van der Waals surface area (Å²) in [4.78, 5) is 12.2. The average molecular weight is 327 g/mol. The lowest BCUT2D eigenvalue weighted by Crippen LogP contribution is -2.26. The molecule has 1 aliphatic rings.